The van der Waals surface area contributed by atoms with Crippen LogP contribution in [0, 0.1) is 13.8 Å². The summed E-state index contributed by atoms with van der Waals surface area (Å²) in [6.45, 7) is 8.24. The molecule has 9 heteroatoms. The van der Waals surface area contributed by atoms with Gasteiger partial charge in [-0.1, -0.05) is 36.4 Å². The van der Waals surface area contributed by atoms with Crippen molar-refractivity contribution in [1.29, 1.82) is 0 Å². The number of piperidine rings is 1. The van der Waals surface area contributed by atoms with Crippen molar-refractivity contribution in [1.82, 2.24) is 24.6 Å². The summed E-state index contributed by atoms with van der Waals surface area (Å²) in [5, 5.41) is 9.23. The van der Waals surface area contributed by atoms with Gasteiger partial charge in [-0.2, -0.15) is 0 Å². The number of carbonyl (C=O) groups excluding carboxylic acids is 2. The highest BCUT2D eigenvalue weighted by Crippen LogP contribution is 2.30. The van der Waals surface area contributed by atoms with Crippen LogP contribution in [0.5, 0.6) is 0 Å². The Labute approximate surface area is 204 Å². The lowest BCUT2D eigenvalue weighted by molar-refractivity contribution is 0.0599. The first-order chi connectivity index (χ1) is 16.4. The minimum atomic E-state index is -0.447. The number of methoxy groups -OCH3 is 1. The number of aromatic nitrogens is 4. The van der Waals surface area contributed by atoms with Crippen LogP contribution in [-0.4, -0.2) is 61.9 Å². The molecule has 0 bridgehead atoms. The number of aryl methyl sites for hydroxylation is 1. The summed E-state index contributed by atoms with van der Waals surface area (Å²) in [5.74, 6) is 0.327. The number of rotatable bonds is 8. The molecule has 3 aromatic rings. The molecule has 1 saturated heterocycles. The van der Waals surface area contributed by atoms with Crippen LogP contribution in [-0.2, 0) is 11.3 Å². The number of aromatic amines is 1. The highest BCUT2D eigenvalue weighted by atomic mass is 32.2. The van der Waals surface area contributed by atoms with Gasteiger partial charge < -0.3 is 9.72 Å². The van der Waals surface area contributed by atoms with E-state index in [1.807, 2.05) is 37.3 Å². The molecule has 1 unspecified atom stereocenters. The molecule has 1 aromatic carbocycles. The maximum atomic E-state index is 13.3. The predicted molar refractivity (Wildman–Crippen MR) is 132 cm³/mol. The summed E-state index contributed by atoms with van der Waals surface area (Å²) in [5.41, 5.74) is 3.05. The Morgan fingerprint density at radius 1 is 1.12 bits per heavy atom. The van der Waals surface area contributed by atoms with E-state index in [4.69, 9.17) is 4.74 Å². The highest BCUT2D eigenvalue weighted by molar-refractivity contribution is 8.00. The minimum Gasteiger partial charge on any atom is -0.465 e. The zero-order valence-corrected chi connectivity index (χ0v) is 20.9. The van der Waals surface area contributed by atoms with Crippen molar-refractivity contribution >= 4 is 23.5 Å². The normalized spacial score (nSPS) is 15.3. The van der Waals surface area contributed by atoms with Crippen LogP contribution in [0.3, 0.4) is 0 Å². The van der Waals surface area contributed by atoms with E-state index in [1.165, 1.54) is 38.1 Å². The van der Waals surface area contributed by atoms with Gasteiger partial charge in [-0.05, 0) is 64.4 Å². The summed E-state index contributed by atoms with van der Waals surface area (Å²) < 4.78 is 6.93. The molecule has 1 fully saturated rings. The van der Waals surface area contributed by atoms with E-state index in [0.717, 1.165) is 31.1 Å². The fourth-order valence-electron chi connectivity index (χ4n) is 4.45. The Hall–Kier alpha value is -2.91. The third-order valence-corrected chi connectivity index (χ3v) is 7.30. The SMILES string of the molecule is COC(=O)c1c(C)[nH]c(C(=O)C(C)Sc2nnc(CN3CCCCC3)n2-c2ccccc2)c1C. The van der Waals surface area contributed by atoms with Gasteiger partial charge in [0.2, 0.25) is 0 Å². The Morgan fingerprint density at radius 3 is 2.50 bits per heavy atom. The maximum Gasteiger partial charge on any atom is 0.339 e. The van der Waals surface area contributed by atoms with E-state index < -0.39 is 11.2 Å². The fraction of sp³-hybridized carbons (Fsp3) is 0.440. The van der Waals surface area contributed by atoms with E-state index in [2.05, 4.69) is 24.6 Å². The maximum absolute atomic E-state index is 13.3. The summed E-state index contributed by atoms with van der Waals surface area (Å²) in [4.78, 5) is 31.0. The number of hydrogen-bond acceptors (Lipinski definition) is 7. The first-order valence-electron chi connectivity index (χ1n) is 11.6. The fourth-order valence-corrected chi connectivity index (χ4v) is 5.40. The molecular weight excluding hydrogens is 450 g/mol. The number of esters is 1. The Bertz CT molecular complexity index is 1160. The molecule has 180 valence electrons. The van der Waals surface area contributed by atoms with Crippen LogP contribution < -0.4 is 0 Å². The smallest absolute Gasteiger partial charge is 0.339 e. The van der Waals surface area contributed by atoms with Crippen molar-refractivity contribution in [3.63, 3.8) is 0 Å². The standard InChI is InChI=1S/C25H31N5O3S/c1-16-21(24(32)33-4)17(2)26-22(16)23(31)18(3)34-25-28-27-20(15-29-13-9-6-10-14-29)30(25)19-11-7-5-8-12-19/h5,7-8,11-12,18,26H,6,9-10,13-15H2,1-4H3. The van der Waals surface area contributed by atoms with E-state index in [0.29, 0.717) is 27.7 Å². The number of nitrogens with zero attached hydrogens (tertiary/aromatic N) is 4. The molecule has 0 saturated carbocycles. The van der Waals surface area contributed by atoms with E-state index >= 15 is 0 Å². The van der Waals surface area contributed by atoms with Gasteiger partial charge in [0.15, 0.2) is 16.8 Å². The number of nitrogens with one attached hydrogen (secondary N) is 1. The molecule has 3 heterocycles. The summed E-state index contributed by atoms with van der Waals surface area (Å²) in [7, 11) is 1.34. The number of hydrogen-bond donors (Lipinski definition) is 1. The van der Waals surface area contributed by atoms with Crippen LogP contribution in [0.15, 0.2) is 35.5 Å². The molecule has 1 aliphatic rings. The number of carbonyl (C=O) groups is 2. The van der Waals surface area contributed by atoms with Gasteiger partial charge in [-0.15, -0.1) is 10.2 Å². The molecule has 8 nitrogen and oxygen atoms in total. The van der Waals surface area contributed by atoms with Gasteiger partial charge in [0.25, 0.3) is 0 Å². The number of H-pyrrole nitrogens is 1. The van der Waals surface area contributed by atoms with Crippen molar-refractivity contribution < 1.29 is 14.3 Å². The van der Waals surface area contributed by atoms with Crippen molar-refractivity contribution in [3.8, 4) is 5.69 Å². The molecule has 0 radical (unpaired) electrons. The molecule has 1 N–H and O–H groups in total. The number of ether oxygens (including phenoxy) is 1. The summed E-state index contributed by atoms with van der Waals surface area (Å²) in [6, 6.07) is 10.0. The number of benzene rings is 1. The second-order valence-electron chi connectivity index (χ2n) is 8.65. The van der Waals surface area contributed by atoms with Crippen molar-refractivity contribution in [3.05, 3.63) is 58.7 Å². The number of likely N-dealkylation sites (tertiary alicyclic amines) is 1. The van der Waals surface area contributed by atoms with Gasteiger partial charge in [0.05, 0.1) is 30.2 Å². The third-order valence-electron chi connectivity index (χ3n) is 6.25. The van der Waals surface area contributed by atoms with Crippen LogP contribution in [0.2, 0.25) is 0 Å². The lowest BCUT2D eigenvalue weighted by atomic mass is 10.1. The van der Waals surface area contributed by atoms with E-state index in [9.17, 15) is 9.59 Å². The second kappa shape index (κ2) is 10.6. The minimum absolute atomic E-state index is 0.0963. The predicted octanol–water partition coefficient (Wildman–Crippen LogP) is 4.35. The topological polar surface area (TPSA) is 93.1 Å². The average molecular weight is 482 g/mol. The van der Waals surface area contributed by atoms with Crippen LogP contribution in [0.25, 0.3) is 5.69 Å². The highest BCUT2D eigenvalue weighted by Gasteiger charge is 2.28. The second-order valence-corrected chi connectivity index (χ2v) is 9.96. The van der Waals surface area contributed by atoms with E-state index in [1.54, 1.807) is 13.8 Å². The molecule has 0 spiro atoms. The average Bonchev–Trinajstić information content (AvgIpc) is 3.38. The van der Waals surface area contributed by atoms with Gasteiger partial charge in [-0.3, -0.25) is 14.3 Å². The zero-order valence-electron chi connectivity index (χ0n) is 20.1. The summed E-state index contributed by atoms with van der Waals surface area (Å²) in [6.07, 6.45) is 3.68. The molecule has 0 aliphatic carbocycles. The monoisotopic (exact) mass is 481 g/mol. The summed E-state index contributed by atoms with van der Waals surface area (Å²) >= 11 is 1.37. The number of thioether (sulfide) groups is 1. The first kappa shape index (κ1) is 24.2. The van der Waals surface area contributed by atoms with Crippen molar-refractivity contribution in [2.45, 2.75) is 57.0 Å². The largest absolute Gasteiger partial charge is 0.465 e. The molecule has 2 aromatic heterocycles. The van der Waals surface area contributed by atoms with Crippen molar-refractivity contribution in [2.75, 3.05) is 20.2 Å². The lowest BCUT2D eigenvalue weighted by Crippen LogP contribution is -2.30. The molecule has 1 atom stereocenters. The number of Topliss-reactive ketones (excluding diaryl/α,β-unsaturated/α-hetero) is 1. The van der Waals surface area contributed by atoms with Crippen molar-refractivity contribution in [2.24, 2.45) is 0 Å². The van der Waals surface area contributed by atoms with Crippen LogP contribution in [0.4, 0.5) is 0 Å². The Kier molecular flexibility index (Phi) is 7.53. The van der Waals surface area contributed by atoms with Gasteiger partial charge >= 0.3 is 5.97 Å². The third kappa shape index (κ3) is 4.95. The Morgan fingerprint density at radius 2 is 1.82 bits per heavy atom. The number of ketones is 1. The first-order valence-corrected chi connectivity index (χ1v) is 12.5. The molecule has 34 heavy (non-hydrogen) atoms. The zero-order chi connectivity index (χ0) is 24.2. The molecule has 0 amide bonds. The van der Waals surface area contributed by atoms with Crippen LogP contribution >= 0.6 is 11.8 Å². The van der Waals surface area contributed by atoms with E-state index in [-0.39, 0.29) is 5.78 Å². The van der Waals surface area contributed by atoms with Gasteiger partial charge in [0.1, 0.15) is 0 Å². The molecular formula is C25H31N5O3S. The quantitative estimate of drug-likeness (QED) is 0.290. The number of para-hydroxylation sites is 1. The van der Waals surface area contributed by atoms with Gasteiger partial charge in [0, 0.05) is 11.4 Å². The molecule has 1 aliphatic heterocycles. The molecule has 4 rings (SSSR count). The van der Waals surface area contributed by atoms with Crippen LogP contribution in [0.1, 0.15) is 64.1 Å². The lowest BCUT2D eigenvalue weighted by Gasteiger charge is -2.26. The van der Waals surface area contributed by atoms with Gasteiger partial charge in [-0.25, -0.2) is 4.79 Å². The Balaban J connectivity index is 1.61.